The number of imidazole rings is 1. The van der Waals surface area contributed by atoms with Gasteiger partial charge >= 0.3 is 0 Å². The van der Waals surface area contributed by atoms with Gasteiger partial charge in [-0.2, -0.15) is 0 Å². The van der Waals surface area contributed by atoms with Gasteiger partial charge in [-0.05, 0) is 12.5 Å². The van der Waals surface area contributed by atoms with E-state index in [4.69, 9.17) is 10.5 Å². The topological polar surface area (TPSA) is 66.0 Å². The maximum atomic E-state index is 5.93. The van der Waals surface area contributed by atoms with Crippen molar-refractivity contribution in [3.05, 3.63) is 18.5 Å². The van der Waals surface area contributed by atoms with E-state index in [-0.39, 0.29) is 6.04 Å². The number of rotatable bonds is 4. The summed E-state index contributed by atoms with van der Waals surface area (Å²) in [6.45, 7) is 2.74. The molecule has 0 saturated heterocycles. The molecule has 0 amide bonds. The highest BCUT2D eigenvalue weighted by Crippen LogP contribution is 2.23. The number of nitrogen functional groups attached to an aromatic ring is 1. The lowest BCUT2D eigenvalue weighted by Crippen LogP contribution is -2.15. The number of methoxy groups -OCH3 is 1. The molecular weight excluding hydrogens is 204 g/mol. The van der Waals surface area contributed by atoms with Crippen molar-refractivity contribution in [1.29, 1.82) is 0 Å². The summed E-state index contributed by atoms with van der Waals surface area (Å²) in [5.41, 5.74) is 7.77. The number of nitrogens with zero attached hydrogens (tertiary/aromatic N) is 3. The van der Waals surface area contributed by atoms with Crippen LogP contribution < -0.4 is 5.73 Å². The first-order valence-electron chi connectivity index (χ1n) is 5.34. The van der Waals surface area contributed by atoms with Crippen molar-refractivity contribution in [2.45, 2.75) is 19.4 Å². The second-order valence-corrected chi connectivity index (χ2v) is 3.72. The highest BCUT2D eigenvalue weighted by atomic mass is 16.5. The summed E-state index contributed by atoms with van der Waals surface area (Å²) >= 11 is 0. The molecule has 0 aliphatic carbocycles. The first-order chi connectivity index (χ1) is 7.77. The second-order valence-electron chi connectivity index (χ2n) is 3.72. The van der Waals surface area contributed by atoms with Crippen LogP contribution in [0.1, 0.15) is 19.4 Å². The summed E-state index contributed by atoms with van der Waals surface area (Å²) < 4.78 is 7.22. The van der Waals surface area contributed by atoms with Crippen LogP contribution in [0.3, 0.4) is 0 Å². The summed E-state index contributed by atoms with van der Waals surface area (Å²) in [4.78, 5) is 8.32. The average Bonchev–Trinajstić information content (AvgIpc) is 2.62. The van der Waals surface area contributed by atoms with Crippen LogP contribution in [-0.2, 0) is 4.74 Å². The number of nitrogens with two attached hydrogens (primary N) is 1. The van der Waals surface area contributed by atoms with Crippen LogP contribution in [0, 0.1) is 0 Å². The molecule has 2 N–H and O–H groups in total. The largest absolute Gasteiger partial charge is 0.383 e. The molecule has 0 aromatic carbocycles. The van der Waals surface area contributed by atoms with Crippen LogP contribution in [-0.4, -0.2) is 28.3 Å². The van der Waals surface area contributed by atoms with Crippen molar-refractivity contribution in [3.63, 3.8) is 0 Å². The van der Waals surface area contributed by atoms with Crippen molar-refractivity contribution < 1.29 is 4.74 Å². The molecule has 1 atom stereocenters. The van der Waals surface area contributed by atoms with Crippen LogP contribution in [0.5, 0.6) is 0 Å². The lowest BCUT2D eigenvalue weighted by atomic mass is 10.2. The summed E-state index contributed by atoms with van der Waals surface area (Å²) in [5.74, 6) is 0.520. The normalized spacial score (nSPS) is 13.1. The quantitative estimate of drug-likeness (QED) is 0.850. The molecular formula is C11H16N4O. The molecule has 0 aliphatic heterocycles. The van der Waals surface area contributed by atoms with E-state index in [1.54, 1.807) is 19.5 Å². The Morgan fingerprint density at radius 1 is 1.56 bits per heavy atom. The molecule has 1 unspecified atom stereocenters. The van der Waals surface area contributed by atoms with Crippen LogP contribution in [0.4, 0.5) is 5.95 Å². The predicted molar refractivity (Wildman–Crippen MR) is 63.1 cm³/mol. The van der Waals surface area contributed by atoms with E-state index in [0.717, 1.165) is 17.5 Å². The number of hydrogen-bond donors (Lipinski definition) is 1. The zero-order valence-electron chi connectivity index (χ0n) is 9.55. The standard InChI is InChI=1S/C11H16N4O/c1-3-8(7-16-2)15-10-4-5-13-6-9(10)14-11(15)12/h4-6,8H,3,7H2,1-2H3,(H2,12,14). The van der Waals surface area contributed by atoms with Gasteiger partial charge in [0.1, 0.15) is 5.52 Å². The lowest BCUT2D eigenvalue weighted by Gasteiger charge is -2.17. The van der Waals surface area contributed by atoms with Crippen molar-refractivity contribution in [3.8, 4) is 0 Å². The predicted octanol–water partition coefficient (Wildman–Crippen LogP) is 1.61. The minimum absolute atomic E-state index is 0.220. The molecule has 0 aliphatic rings. The van der Waals surface area contributed by atoms with E-state index in [0.29, 0.717) is 12.6 Å². The molecule has 86 valence electrons. The number of aromatic nitrogens is 3. The van der Waals surface area contributed by atoms with Gasteiger partial charge in [-0.15, -0.1) is 0 Å². The fourth-order valence-corrected chi connectivity index (χ4v) is 1.92. The first-order valence-corrected chi connectivity index (χ1v) is 5.34. The molecule has 2 aromatic heterocycles. The number of ether oxygens (including phenoxy) is 1. The Bertz CT molecular complexity index is 480. The van der Waals surface area contributed by atoms with E-state index >= 15 is 0 Å². The Morgan fingerprint density at radius 2 is 2.38 bits per heavy atom. The van der Waals surface area contributed by atoms with Crippen molar-refractivity contribution >= 4 is 17.0 Å². The molecule has 2 aromatic rings. The van der Waals surface area contributed by atoms with Crippen molar-refractivity contribution in [1.82, 2.24) is 14.5 Å². The van der Waals surface area contributed by atoms with Crippen LogP contribution in [0.2, 0.25) is 0 Å². The average molecular weight is 220 g/mol. The summed E-state index contributed by atoms with van der Waals surface area (Å²) in [5, 5.41) is 0. The molecule has 2 heterocycles. The Hall–Kier alpha value is -1.62. The minimum atomic E-state index is 0.220. The number of pyridine rings is 1. The Labute approximate surface area is 94.2 Å². The molecule has 5 nitrogen and oxygen atoms in total. The fraction of sp³-hybridized carbons (Fsp3) is 0.455. The summed E-state index contributed by atoms with van der Waals surface area (Å²) in [6.07, 6.45) is 4.42. The summed E-state index contributed by atoms with van der Waals surface area (Å²) in [6, 6.07) is 2.15. The lowest BCUT2D eigenvalue weighted by molar-refractivity contribution is 0.155. The third kappa shape index (κ3) is 1.74. The van der Waals surface area contributed by atoms with Crippen molar-refractivity contribution in [2.24, 2.45) is 0 Å². The van der Waals surface area contributed by atoms with Crippen molar-refractivity contribution in [2.75, 3.05) is 19.5 Å². The third-order valence-electron chi connectivity index (χ3n) is 2.71. The second kappa shape index (κ2) is 4.49. The van der Waals surface area contributed by atoms with Crippen LogP contribution in [0.15, 0.2) is 18.5 Å². The number of anilines is 1. The van der Waals surface area contributed by atoms with E-state index in [9.17, 15) is 0 Å². The molecule has 0 spiro atoms. The van der Waals surface area contributed by atoms with Crippen LogP contribution in [0.25, 0.3) is 11.0 Å². The fourth-order valence-electron chi connectivity index (χ4n) is 1.92. The molecule has 0 saturated carbocycles. The number of fused-ring (bicyclic) bond motifs is 1. The Morgan fingerprint density at radius 3 is 3.06 bits per heavy atom. The van der Waals surface area contributed by atoms with Gasteiger partial charge in [0.05, 0.1) is 24.4 Å². The Kier molecular flexibility index (Phi) is 3.05. The molecule has 0 radical (unpaired) electrons. The highest BCUT2D eigenvalue weighted by molar-refractivity contribution is 5.77. The molecule has 0 bridgehead atoms. The highest BCUT2D eigenvalue weighted by Gasteiger charge is 2.15. The van der Waals surface area contributed by atoms with E-state index in [1.807, 2.05) is 10.6 Å². The minimum Gasteiger partial charge on any atom is -0.383 e. The van der Waals surface area contributed by atoms with Gasteiger partial charge in [-0.3, -0.25) is 4.98 Å². The van der Waals surface area contributed by atoms with E-state index in [2.05, 4.69) is 16.9 Å². The molecule has 0 fully saturated rings. The molecule has 5 heteroatoms. The Balaban J connectivity index is 2.53. The van der Waals surface area contributed by atoms with E-state index < -0.39 is 0 Å². The van der Waals surface area contributed by atoms with Gasteiger partial charge < -0.3 is 15.0 Å². The zero-order valence-corrected chi connectivity index (χ0v) is 9.55. The van der Waals surface area contributed by atoms with Gasteiger partial charge in [0.2, 0.25) is 5.95 Å². The zero-order chi connectivity index (χ0) is 11.5. The SMILES string of the molecule is CCC(COC)n1c(N)nc2cnccc21. The third-order valence-corrected chi connectivity index (χ3v) is 2.71. The van der Waals surface area contributed by atoms with Gasteiger partial charge in [0, 0.05) is 13.3 Å². The maximum absolute atomic E-state index is 5.93. The monoisotopic (exact) mass is 220 g/mol. The van der Waals surface area contributed by atoms with Gasteiger partial charge in [0.25, 0.3) is 0 Å². The van der Waals surface area contributed by atoms with Gasteiger partial charge in [-0.25, -0.2) is 4.98 Å². The van der Waals surface area contributed by atoms with Crippen LogP contribution >= 0.6 is 0 Å². The van der Waals surface area contributed by atoms with E-state index in [1.165, 1.54) is 0 Å². The first kappa shape index (κ1) is 10.9. The molecule has 16 heavy (non-hydrogen) atoms. The maximum Gasteiger partial charge on any atom is 0.201 e. The smallest absolute Gasteiger partial charge is 0.201 e. The van der Waals surface area contributed by atoms with Gasteiger partial charge in [-0.1, -0.05) is 6.92 Å². The molecule has 2 rings (SSSR count). The number of hydrogen-bond acceptors (Lipinski definition) is 4. The van der Waals surface area contributed by atoms with Gasteiger partial charge in [0.15, 0.2) is 0 Å². The summed E-state index contributed by atoms with van der Waals surface area (Å²) in [7, 11) is 1.69.